The number of carbonyl (C=O) groups is 6. The Morgan fingerprint density at radius 1 is 0.441 bits per heavy atom. The largest absolute Gasteiger partial charge is 0.462 e. The molecule has 15 nitrogen and oxygen atoms in total. The first-order valence-electron chi connectivity index (χ1n) is 24.5. The molecule has 0 bridgehead atoms. The zero-order valence-electron chi connectivity index (χ0n) is 41.7. The highest BCUT2D eigenvalue weighted by Crippen LogP contribution is 2.15. The first kappa shape index (κ1) is 65.0. The number of thioether (sulfide) groups is 3. The molecule has 0 aliphatic rings. The van der Waals surface area contributed by atoms with Gasteiger partial charge in [-0.3, -0.25) is 28.8 Å². The van der Waals surface area contributed by atoms with Crippen molar-refractivity contribution in [2.45, 2.75) is 104 Å². The Labute approximate surface area is 421 Å². The molecule has 68 heavy (non-hydrogen) atoms. The van der Waals surface area contributed by atoms with Gasteiger partial charge in [0.1, 0.15) is 39.6 Å². The van der Waals surface area contributed by atoms with Crippen molar-refractivity contribution < 1.29 is 62.3 Å². The van der Waals surface area contributed by atoms with E-state index in [0.717, 1.165) is 75.0 Å². The number of allylic oxidation sites excluding steroid dienone is 3. The molecule has 0 aromatic rings. The van der Waals surface area contributed by atoms with Gasteiger partial charge in [0.15, 0.2) is 0 Å². The molecule has 0 amide bonds. The Hall–Kier alpha value is -3.03. The van der Waals surface area contributed by atoms with Gasteiger partial charge in [0.05, 0.1) is 43.6 Å². The lowest BCUT2D eigenvalue weighted by atomic mass is 10.2. The number of esters is 6. The highest BCUT2D eigenvalue weighted by Gasteiger charge is 2.19. The summed E-state index contributed by atoms with van der Waals surface area (Å²) in [5.74, 6) is 1.65. The number of rotatable bonds is 48. The van der Waals surface area contributed by atoms with Gasteiger partial charge in [-0.1, -0.05) is 39.0 Å². The summed E-state index contributed by atoms with van der Waals surface area (Å²) in [6.45, 7) is 18.4. The van der Waals surface area contributed by atoms with Crippen LogP contribution in [0, 0.1) is 17.8 Å². The highest BCUT2D eigenvalue weighted by atomic mass is 32.2. The molecule has 0 rings (SSSR count). The van der Waals surface area contributed by atoms with Crippen LogP contribution in [0.5, 0.6) is 0 Å². The second-order valence-corrected chi connectivity index (χ2v) is 19.9. The highest BCUT2D eigenvalue weighted by molar-refractivity contribution is 7.99. The summed E-state index contributed by atoms with van der Waals surface area (Å²) in [5, 5.41) is 9.71. The van der Waals surface area contributed by atoms with Crippen molar-refractivity contribution in [2.75, 3.05) is 120 Å². The van der Waals surface area contributed by atoms with Crippen molar-refractivity contribution in [1.29, 1.82) is 0 Å². The third kappa shape index (κ3) is 39.8. The fraction of sp³-hybridized carbons (Fsp3) is 0.760. The molecule has 0 spiro atoms. The molecule has 3 atom stereocenters. The molecule has 0 saturated carbocycles. The number of nitrogens with zero attached hydrogens (tertiary/aromatic N) is 2. The molecule has 0 radical (unpaired) electrons. The lowest BCUT2D eigenvalue weighted by Crippen LogP contribution is -2.35. The zero-order valence-corrected chi connectivity index (χ0v) is 44.1. The van der Waals surface area contributed by atoms with Gasteiger partial charge in [-0.2, -0.15) is 35.3 Å². The fourth-order valence-electron chi connectivity index (χ4n) is 6.08. The third-order valence-corrected chi connectivity index (χ3v) is 14.1. The molecule has 3 unspecified atom stereocenters. The Morgan fingerprint density at radius 2 is 0.735 bits per heavy atom. The molecule has 0 fully saturated rings. The van der Waals surface area contributed by atoms with E-state index in [0.29, 0.717) is 49.9 Å². The zero-order chi connectivity index (χ0) is 50.5. The average molecular weight is 1020 g/mol. The molecule has 392 valence electrons. The summed E-state index contributed by atoms with van der Waals surface area (Å²) in [4.78, 5) is 78.9. The van der Waals surface area contributed by atoms with Crippen molar-refractivity contribution in [2.24, 2.45) is 17.8 Å². The molecular formula is C50H86N2O13S3. The lowest BCUT2D eigenvalue weighted by Gasteiger charge is -2.25. The second kappa shape index (κ2) is 46.4. The molecule has 0 aromatic carbocycles. The molecule has 0 saturated heterocycles. The van der Waals surface area contributed by atoms with Gasteiger partial charge in [-0.25, -0.2) is 0 Å². The Bertz CT molecular complexity index is 1330. The standard InChI is InChI=1S/C50H86N2O13S3/c1-7-10-13-16-36-66-39-42(4)48(57)63-33-30-60-45(54)20-25-51(26-21-46(55)61-31-34-64-49(58)43(5)40-67-37-17-14-11-8-2)23-19-24-52(28-29-53)27-22-47(56)62-32-35-65-50(59)44(6)41-68-38-18-15-12-9-3/h7-9,42-44,53H,1-3,10-41H2,4-6H3. The number of hydrogen-bond donors (Lipinski definition) is 1. The normalized spacial score (nSPS) is 12.4. The summed E-state index contributed by atoms with van der Waals surface area (Å²) >= 11 is 5.13. The molecular weight excluding hydrogens is 933 g/mol. The molecule has 1 N–H and O–H groups in total. The van der Waals surface area contributed by atoms with E-state index in [4.69, 9.17) is 28.4 Å². The summed E-state index contributed by atoms with van der Waals surface area (Å²) < 4.78 is 31.9. The number of aliphatic hydroxyl groups excluding tert-OH is 1. The fourth-order valence-corrected chi connectivity index (χ4v) is 9.27. The maximum Gasteiger partial charge on any atom is 0.309 e. The van der Waals surface area contributed by atoms with Crippen LogP contribution in [0.3, 0.4) is 0 Å². The summed E-state index contributed by atoms with van der Waals surface area (Å²) in [7, 11) is 0. The van der Waals surface area contributed by atoms with Crippen LogP contribution in [0.15, 0.2) is 38.0 Å². The summed E-state index contributed by atoms with van der Waals surface area (Å²) in [6, 6.07) is 0. The Kier molecular flexibility index (Phi) is 44.3. The van der Waals surface area contributed by atoms with E-state index in [2.05, 4.69) is 19.7 Å². The minimum Gasteiger partial charge on any atom is -0.462 e. The van der Waals surface area contributed by atoms with Gasteiger partial charge in [-0.05, 0) is 94.6 Å². The van der Waals surface area contributed by atoms with Crippen LogP contribution in [0.1, 0.15) is 104 Å². The van der Waals surface area contributed by atoms with Crippen LogP contribution >= 0.6 is 35.3 Å². The van der Waals surface area contributed by atoms with E-state index in [9.17, 15) is 33.9 Å². The monoisotopic (exact) mass is 1020 g/mol. The van der Waals surface area contributed by atoms with Gasteiger partial charge in [0.2, 0.25) is 0 Å². The minimum absolute atomic E-state index is 0.0248. The molecule has 18 heteroatoms. The molecule has 0 aliphatic carbocycles. The first-order valence-corrected chi connectivity index (χ1v) is 27.9. The molecule has 0 aliphatic heterocycles. The van der Waals surface area contributed by atoms with Gasteiger partial charge in [0.25, 0.3) is 0 Å². The van der Waals surface area contributed by atoms with Crippen molar-refractivity contribution in [3.63, 3.8) is 0 Å². The predicted molar refractivity (Wildman–Crippen MR) is 276 cm³/mol. The maximum absolute atomic E-state index is 12.7. The number of aliphatic hydroxyl groups is 1. The number of ether oxygens (including phenoxy) is 6. The Balaban J connectivity index is 4.95. The third-order valence-electron chi connectivity index (χ3n) is 10.2. The minimum atomic E-state index is -0.479. The van der Waals surface area contributed by atoms with E-state index >= 15 is 0 Å². The molecule has 0 aromatic heterocycles. The predicted octanol–water partition coefficient (Wildman–Crippen LogP) is 7.58. The van der Waals surface area contributed by atoms with Crippen LogP contribution in [-0.2, 0) is 57.2 Å². The smallest absolute Gasteiger partial charge is 0.309 e. The van der Waals surface area contributed by atoms with Crippen molar-refractivity contribution in [1.82, 2.24) is 9.80 Å². The lowest BCUT2D eigenvalue weighted by molar-refractivity contribution is -0.154. The summed E-state index contributed by atoms with van der Waals surface area (Å²) in [5.41, 5.74) is 0. The van der Waals surface area contributed by atoms with Gasteiger partial charge in [0, 0.05) is 43.4 Å². The Morgan fingerprint density at radius 3 is 1.03 bits per heavy atom. The van der Waals surface area contributed by atoms with Crippen molar-refractivity contribution in [3.05, 3.63) is 38.0 Å². The number of unbranched alkanes of at least 4 members (excludes halogenated alkanes) is 6. The van der Waals surface area contributed by atoms with Crippen molar-refractivity contribution in [3.8, 4) is 0 Å². The summed E-state index contributed by atoms with van der Waals surface area (Å²) in [6.07, 6.45) is 15.8. The topological polar surface area (TPSA) is 185 Å². The van der Waals surface area contributed by atoms with E-state index in [-0.39, 0.29) is 114 Å². The van der Waals surface area contributed by atoms with E-state index in [1.54, 1.807) is 35.3 Å². The van der Waals surface area contributed by atoms with Gasteiger partial charge >= 0.3 is 35.8 Å². The van der Waals surface area contributed by atoms with Crippen molar-refractivity contribution >= 4 is 71.1 Å². The van der Waals surface area contributed by atoms with Gasteiger partial charge in [-0.15, -0.1) is 19.7 Å². The second-order valence-electron chi connectivity index (χ2n) is 16.5. The van der Waals surface area contributed by atoms with Crippen LogP contribution in [0.2, 0.25) is 0 Å². The first-order chi connectivity index (χ1) is 32.9. The van der Waals surface area contributed by atoms with Crippen LogP contribution in [-0.4, -0.2) is 171 Å². The van der Waals surface area contributed by atoms with Crippen LogP contribution < -0.4 is 0 Å². The SMILES string of the molecule is C=CCCCCSCC(C)C(=O)OCCOC(=O)CCN(CCO)CCCN(CCC(=O)OCCOC(=O)C(C)CSCCCCC=C)CCC(=O)OCCOC(=O)C(C)CSCCCCC=C. The van der Waals surface area contributed by atoms with Gasteiger partial charge < -0.3 is 43.3 Å². The van der Waals surface area contributed by atoms with E-state index in [1.165, 1.54) is 0 Å². The van der Waals surface area contributed by atoms with Crippen LogP contribution in [0.4, 0.5) is 0 Å². The average Bonchev–Trinajstić information content (AvgIpc) is 3.33. The maximum atomic E-state index is 12.7. The number of hydrogen-bond acceptors (Lipinski definition) is 18. The quantitative estimate of drug-likeness (QED) is 0.0272. The van der Waals surface area contributed by atoms with Crippen LogP contribution in [0.25, 0.3) is 0 Å². The number of carbonyl (C=O) groups excluding carboxylic acids is 6. The van der Waals surface area contributed by atoms with E-state index < -0.39 is 17.9 Å². The molecule has 0 heterocycles. The van der Waals surface area contributed by atoms with E-state index in [1.807, 2.05) is 48.8 Å².